The van der Waals surface area contributed by atoms with Crippen LogP contribution in [0.15, 0.2) is 237 Å². The minimum absolute atomic E-state index is 0.625. The van der Waals surface area contributed by atoms with Crippen LogP contribution in [0.5, 0.6) is 0 Å². The summed E-state index contributed by atoms with van der Waals surface area (Å²) >= 11 is 0. The summed E-state index contributed by atoms with van der Waals surface area (Å²) in [5.74, 6) is 1.88. The maximum atomic E-state index is 5.25. The number of aromatic nitrogens is 5. The van der Waals surface area contributed by atoms with Crippen LogP contribution < -0.4 is 0 Å². The van der Waals surface area contributed by atoms with E-state index in [2.05, 4.69) is 221 Å². The zero-order valence-corrected chi connectivity index (χ0v) is 36.8. The second-order valence-corrected chi connectivity index (χ2v) is 17.6. The highest BCUT2D eigenvalue weighted by atomic mass is 15.0. The molecule has 0 saturated carbocycles. The number of fused-ring (bicyclic) bond motifs is 10. The van der Waals surface area contributed by atoms with Gasteiger partial charge in [-0.25, -0.2) is 15.0 Å². The third-order valence-electron chi connectivity index (χ3n) is 13.7. The molecular weight excluding hydrogens is 827 g/mol. The molecule has 68 heavy (non-hydrogen) atoms. The first-order valence-corrected chi connectivity index (χ1v) is 23.1. The standard InChI is InChI=1S/C63H39N5/c1-3-15-40(16-4-1)42-27-29-45(30-28-42)62-64-61(44-19-5-2-6-20-44)65-63(66-62)52-34-36-56(50-24-12-11-23-49(50)52)68-55-26-14-13-25-51(55)53-38-54-59(39-58(53)68)67(47-33-31-41-17-7-8-21-46(41)37-47)57-35-32-43-18-9-10-22-48(43)60(54)57/h1-39H. The van der Waals surface area contributed by atoms with Crippen molar-refractivity contribution in [2.45, 2.75) is 0 Å². The van der Waals surface area contributed by atoms with Crippen molar-refractivity contribution >= 4 is 75.9 Å². The van der Waals surface area contributed by atoms with Gasteiger partial charge >= 0.3 is 0 Å². The van der Waals surface area contributed by atoms with Gasteiger partial charge in [-0.3, -0.25) is 0 Å². The van der Waals surface area contributed by atoms with Crippen LogP contribution in [-0.2, 0) is 0 Å². The molecule has 0 N–H and O–H groups in total. The molecule has 5 nitrogen and oxygen atoms in total. The molecule has 3 aromatic heterocycles. The molecular formula is C63H39N5. The molecule has 0 spiro atoms. The maximum absolute atomic E-state index is 5.25. The minimum atomic E-state index is 0.625. The summed E-state index contributed by atoms with van der Waals surface area (Å²) in [5, 5.41) is 12.0. The minimum Gasteiger partial charge on any atom is -0.309 e. The topological polar surface area (TPSA) is 48.5 Å². The van der Waals surface area contributed by atoms with Gasteiger partial charge in [0, 0.05) is 49.3 Å². The molecule has 0 amide bonds. The average molecular weight is 866 g/mol. The first-order chi connectivity index (χ1) is 33.7. The third kappa shape index (κ3) is 5.99. The zero-order valence-electron chi connectivity index (χ0n) is 36.8. The number of nitrogens with zero attached hydrogens (tertiary/aromatic N) is 5. The lowest BCUT2D eigenvalue weighted by Crippen LogP contribution is -2.02. The van der Waals surface area contributed by atoms with E-state index in [1.165, 1.54) is 54.2 Å². The van der Waals surface area contributed by atoms with Gasteiger partial charge in [0.15, 0.2) is 17.5 Å². The number of hydrogen-bond donors (Lipinski definition) is 0. The number of rotatable bonds is 6. The van der Waals surface area contributed by atoms with Crippen LogP contribution >= 0.6 is 0 Å². The van der Waals surface area contributed by atoms with E-state index in [9.17, 15) is 0 Å². The first kappa shape index (κ1) is 38.1. The highest BCUT2D eigenvalue weighted by Gasteiger charge is 2.22. The highest BCUT2D eigenvalue weighted by molar-refractivity contribution is 6.25. The van der Waals surface area contributed by atoms with Gasteiger partial charge in [0.25, 0.3) is 0 Å². The number of benzene rings is 11. The van der Waals surface area contributed by atoms with E-state index < -0.39 is 0 Å². The van der Waals surface area contributed by atoms with E-state index in [-0.39, 0.29) is 0 Å². The van der Waals surface area contributed by atoms with Gasteiger partial charge in [-0.1, -0.05) is 188 Å². The molecule has 14 rings (SSSR count). The molecule has 0 saturated heterocycles. The fourth-order valence-corrected chi connectivity index (χ4v) is 10.6. The van der Waals surface area contributed by atoms with Crippen molar-refractivity contribution in [2.75, 3.05) is 0 Å². The van der Waals surface area contributed by atoms with E-state index in [0.717, 1.165) is 61.0 Å². The van der Waals surface area contributed by atoms with Crippen LogP contribution in [0.1, 0.15) is 0 Å². The lowest BCUT2D eigenvalue weighted by atomic mass is 10.0. The Kier molecular flexibility index (Phi) is 8.52. The predicted molar refractivity (Wildman–Crippen MR) is 283 cm³/mol. The van der Waals surface area contributed by atoms with Gasteiger partial charge in [0.1, 0.15) is 0 Å². The molecule has 3 heterocycles. The van der Waals surface area contributed by atoms with Crippen LogP contribution in [0.2, 0.25) is 0 Å². The van der Waals surface area contributed by atoms with Crippen LogP contribution in [0.4, 0.5) is 0 Å². The van der Waals surface area contributed by atoms with Gasteiger partial charge < -0.3 is 9.13 Å². The molecule has 0 bridgehead atoms. The quantitative estimate of drug-likeness (QED) is 0.167. The lowest BCUT2D eigenvalue weighted by Gasteiger charge is -2.15. The second-order valence-electron chi connectivity index (χ2n) is 17.6. The van der Waals surface area contributed by atoms with Crippen LogP contribution in [-0.4, -0.2) is 24.1 Å². The Bertz CT molecular complexity index is 4300. The van der Waals surface area contributed by atoms with E-state index >= 15 is 0 Å². The Balaban J connectivity index is 1.00. The van der Waals surface area contributed by atoms with Crippen molar-refractivity contribution in [3.05, 3.63) is 237 Å². The molecule has 0 aliphatic carbocycles. The maximum Gasteiger partial charge on any atom is 0.164 e. The Morgan fingerprint density at radius 3 is 1.60 bits per heavy atom. The molecule has 0 atom stereocenters. The van der Waals surface area contributed by atoms with Crippen molar-refractivity contribution in [3.63, 3.8) is 0 Å². The summed E-state index contributed by atoms with van der Waals surface area (Å²) in [6, 6.07) is 84.7. The van der Waals surface area contributed by atoms with Gasteiger partial charge in [0.05, 0.1) is 27.8 Å². The van der Waals surface area contributed by atoms with E-state index in [4.69, 9.17) is 15.0 Å². The Hall–Kier alpha value is -9.19. The van der Waals surface area contributed by atoms with E-state index in [1.54, 1.807) is 0 Å². The summed E-state index contributed by atoms with van der Waals surface area (Å²) in [4.78, 5) is 15.5. The Morgan fingerprint density at radius 1 is 0.265 bits per heavy atom. The van der Waals surface area contributed by atoms with Crippen molar-refractivity contribution in [1.82, 2.24) is 24.1 Å². The van der Waals surface area contributed by atoms with Crippen LogP contribution in [0, 0.1) is 0 Å². The average Bonchev–Trinajstić information content (AvgIpc) is 3.92. The van der Waals surface area contributed by atoms with Crippen molar-refractivity contribution in [3.8, 4) is 56.7 Å². The van der Waals surface area contributed by atoms with Crippen molar-refractivity contribution < 1.29 is 0 Å². The largest absolute Gasteiger partial charge is 0.309 e. The lowest BCUT2D eigenvalue weighted by molar-refractivity contribution is 1.08. The van der Waals surface area contributed by atoms with Gasteiger partial charge in [-0.2, -0.15) is 0 Å². The normalized spacial score (nSPS) is 11.8. The van der Waals surface area contributed by atoms with Crippen molar-refractivity contribution in [2.24, 2.45) is 0 Å². The molecule has 0 unspecified atom stereocenters. The molecule has 316 valence electrons. The fraction of sp³-hybridized carbons (Fsp3) is 0. The fourth-order valence-electron chi connectivity index (χ4n) is 10.6. The second kappa shape index (κ2) is 15.2. The summed E-state index contributed by atoms with van der Waals surface area (Å²) in [5.41, 5.74) is 12.0. The van der Waals surface area contributed by atoms with E-state index in [1.807, 2.05) is 24.3 Å². The van der Waals surface area contributed by atoms with Gasteiger partial charge in [-0.15, -0.1) is 0 Å². The van der Waals surface area contributed by atoms with Gasteiger partial charge in [0.2, 0.25) is 0 Å². The van der Waals surface area contributed by atoms with Gasteiger partial charge in [-0.05, 0) is 86.6 Å². The van der Waals surface area contributed by atoms with Crippen molar-refractivity contribution in [1.29, 1.82) is 0 Å². The summed E-state index contributed by atoms with van der Waals surface area (Å²) in [7, 11) is 0. The monoisotopic (exact) mass is 865 g/mol. The Labute approximate surface area is 391 Å². The van der Waals surface area contributed by atoms with E-state index in [0.29, 0.717) is 17.5 Å². The molecule has 11 aromatic carbocycles. The van der Waals surface area contributed by atoms with Crippen LogP contribution in [0.25, 0.3) is 133 Å². The Morgan fingerprint density at radius 2 is 0.824 bits per heavy atom. The SMILES string of the molecule is c1ccc(-c2ccc(-c3nc(-c4ccccc4)nc(-c4ccc(-n5c6ccccc6c6cc7c8c9ccccc9ccc8n(-c8ccc9ccccc9c8)c7cc65)c5ccccc45)n3)cc2)cc1. The smallest absolute Gasteiger partial charge is 0.164 e. The molecule has 0 aliphatic rings. The molecule has 0 fully saturated rings. The highest BCUT2D eigenvalue weighted by Crippen LogP contribution is 2.44. The zero-order chi connectivity index (χ0) is 44.7. The summed E-state index contributed by atoms with van der Waals surface area (Å²) in [6.45, 7) is 0. The predicted octanol–water partition coefficient (Wildman–Crippen LogP) is 16.2. The summed E-state index contributed by atoms with van der Waals surface area (Å²) in [6.07, 6.45) is 0. The molecule has 5 heteroatoms. The first-order valence-electron chi connectivity index (χ1n) is 23.1. The molecule has 0 radical (unpaired) electrons. The summed E-state index contributed by atoms with van der Waals surface area (Å²) < 4.78 is 4.92. The number of para-hydroxylation sites is 1. The molecule has 0 aliphatic heterocycles. The molecule has 14 aromatic rings. The number of hydrogen-bond acceptors (Lipinski definition) is 3. The van der Waals surface area contributed by atoms with Crippen LogP contribution in [0.3, 0.4) is 0 Å². The third-order valence-corrected chi connectivity index (χ3v) is 13.7.